The summed E-state index contributed by atoms with van der Waals surface area (Å²) in [5.41, 5.74) is 2.49. The van der Waals surface area contributed by atoms with Crippen LogP contribution in [-0.2, 0) is 11.3 Å². The molecule has 1 heterocycles. The Bertz CT molecular complexity index is 604. The predicted octanol–water partition coefficient (Wildman–Crippen LogP) is 3.57. The maximum atomic E-state index is 5.83. The molecule has 150 valence electrons. The standard InChI is InChI=1S/C22H36N4O/c1-5-23-22(24-13-12-21(18(3)4)27-6-2)25-17-19-10-9-11-20(16-19)26-14-7-8-15-26/h7-11,16,18,21H,5-6,12-15,17H2,1-4H3,(H2,23,24,25). The van der Waals surface area contributed by atoms with Crippen molar-refractivity contribution >= 4 is 11.6 Å². The van der Waals surface area contributed by atoms with Crippen molar-refractivity contribution in [3.63, 3.8) is 0 Å². The van der Waals surface area contributed by atoms with Crippen molar-refractivity contribution < 1.29 is 4.74 Å². The van der Waals surface area contributed by atoms with Crippen molar-refractivity contribution in [2.24, 2.45) is 10.9 Å². The molecule has 0 saturated carbocycles. The topological polar surface area (TPSA) is 48.9 Å². The number of anilines is 1. The first kappa shape index (κ1) is 21.3. The third-order valence-corrected chi connectivity index (χ3v) is 4.70. The van der Waals surface area contributed by atoms with E-state index < -0.39 is 0 Å². The van der Waals surface area contributed by atoms with Gasteiger partial charge < -0.3 is 20.3 Å². The lowest BCUT2D eigenvalue weighted by Gasteiger charge is -2.21. The minimum Gasteiger partial charge on any atom is -0.378 e. The Morgan fingerprint density at radius 3 is 2.63 bits per heavy atom. The highest BCUT2D eigenvalue weighted by Gasteiger charge is 2.13. The summed E-state index contributed by atoms with van der Waals surface area (Å²) in [6.45, 7) is 13.7. The van der Waals surface area contributed by atoms with Crippen molar-refractivity contribution in [3.8, 4) is 0 Å². The van der Waals surface area contributed by atoms with E-state index in [1.807, 2.05) is 0 Å². The van der Waals surface area contributed by atoms with Gasteiger partial charge in [0.2, 0.25) is 0 Å². The molecule has 1 aliphatic heterocycles. The molecular formula is C22H36N4O. The van der Waals surface area contributed by atoms with Gasteiger partial charge in [-0.25, -0.2) is 4.99 Å². The van der Waals surface area contributed by atoms with E-state index in [1.165, 1.54) is 11.3 Å². The third-order valence-electron chi connectivity index (χ3n) is 4.70. The van der Waals surface area contributed by atoms with Crippen molar-refractivity contribution in [1.82, 2.24) is 10.6 Å². The quantitative estimate of drug-likeness (QED) is 0.374. The van der Waals surface area contributed by atoms with Gasteiger partial charge in [0.1, 0.15) is 0 Å². The second-order valence-corrected chi connectivity index (χ2v) is 7.19. The number of benzene rings is 1. The van der Waals surface area contributed by atoms with Gasteiger partial charge in [-0.3, -0.25) is 0 Å². The fraction of sp³-hybridized carbons (Fsp3) is 0.591. The number of guanidine groups is 1. The molecule has 27 heavy (non-hydrogen) atoms. The average Bonchev–Trinajstić information content (AvgIpc) is 3.20. The van der Waals surface area contributed by atoms with Crippen LogP contribution >= 0.6 is 0 Å². The molecule has 1 aliphatic rings. The molecular weight excluding hydrogens is 336 g/mol. The number of ether oxygens (including phenoxy) is 1. The Hall–Kier alpha value is -2.01. The number of nitrogens with one attached hydrogen (secondary N) is 2. The van der Waals surface area contributed by atoms with E-state index in [2.05, 4.69) is 79.6 Å². The Balaban J connectivity index is 1.89. The minimum absolute atomic E-state index is 0.288. The Morgan fingerprint density at radius 2 is 1.96 bits per heavy atom. The summed E-state index contributed by atoms with van der Waals surface area (Å²) in [7, 11) is 0. The number of hydrogen-bond donors (Lipinski definition) is 2. The van der Waals surface area contributed by atoms with Gasteiger partial charge in [0.15, 0.2) is 5.96 Å². The van der Waals surface area contributed by atoms with E-state index in [0.717, 1.165) is 45.2 Å². The number of rotatable bonds is 10. The van der Waals surface area contributed by atoms with Gasteiger partial charge in [0, 0.05) is 38.5 Å². The molecule has 0 aromatic heterocycles. The summed E-state index contributed by atoms with van der Waals surface area (Å²) in [5, 5.41) is 6.78. The van der Waals surface area contributed by atoms with Gasteiger partial charge in [-0.15, -0.1) is 0 Å². The van der Waals surface area contributed by atoms with Crippen LogP contribution in [0.1, 0.15) is 39.7 Å². The van der Waals surface area contributed by atoms with Gasteiger partial charge in [-0.2, -0.15) is 0 Å². The first-order valence-electron chi connectivity index (χ1n) is 10.3. The zero-order chi connectivity index (χ0) is 19.5. The molecule has 0 saturated heterocycles. The van der Waals surface area contributed by atoms with Gasteiger partial charge in [0.25, 0.3) is 0 Å². The first-order valence-corrected chi connectivity index (χ1v) is 10.3. The molecule has 5 heteroatoms. The smallest absolute Gasteiger partial charge is 0.191 e. The van der Waals surface area contributed by atoms with E-state index in [9.17, 15) is 0 Å². The van der Waals surface area contributed by atoms with Crippen LogP contribution in [0.2, 0.25) is 0 Å². The maximum absolute atomic E-state index is 5.83. The second kappa shape index (κ2) is 11.7. The van der Waals surface area contributed by atoms with Gasteiger partial charge in [0.05, 0.1) is 12.6 Å². The Labute approximate surface area is 164 Å². The molecule has 0 aliphatic carbocycles. The maximum Gasteiger partial charge on any atom is 0.191 e. The zero-order valence-corrected chi connectivity index (χ0v) is 17.4. The molecule has 0 amide bonds. The van der Waals surface area contributed by atoms with Gasteiger partial charge in [-0.05, 0) is 43.9 Å². The fourth-order valence-corrected chi connectivity index (χ4v) is 3.21. The van der Waals surface area contributed by atoms with Crippen LogP contribution in [0.5, 0.6) is 0 Å². The van der Waals surface area contributed by atoms with E-state index in [0.29, 0.717) is 12.5 Å². The van der Waals surface area contributed by atoms with Crippen LogP contribution in [0.15, 0.2) is 41.4 Å². The molecule has 1 unspecified atom stereocenters. The summed E-state index contributed by atoms with van der Waals surface area (Å²) in [5.74, 6) is 1.39. The van der Waals surface area contributed by atoms with Crippen LogP contribution in [0.25, 0.3) is 0 Å². The van der Waals surface area contributed by atoms with Crippen LogP contribution < -0.4 is 15.5 Å². The fourth-order valence-electron chi connectivity index (χ4n) is 3.21. The zero-order valence-electron chi connectivity index (χ0n) is 17.4. The molecule has 0 spiro atoms. The van der Waals surface area contributed by atoms with Crippen molar-refractivity contribution in [3.05, 3.63) is 42.0 Å². The lowest BCUT2D eigenvalue weighted by Crippen LogP contribution is -2.39. The molecule has 0 radical (unpaired) electrons. The SMILES string of the molecule is CCNC(=NCc1cccc(N2CC=CC2)c1)NCCC(OCC)C(C)C. The molecule has 2 N–H and O–H groups in total. The van der Waals surface area contributed by atoms with Crippen LogP contribution in [0, 0.1) is 5.92 Å². The third kappa shape index (κ3) is 7.25. The van der Waals surface area contributed by atoms with E-state index in [4.69, 9.17) is 9.73 Å². The van der Waals surface area contributed by atoms with E-state index >= 15 is 0 Å². The summed E-state index contributed by atoms with van der Waals surface area (Å²) in [4.78, 5) is 7.12. The lowest BCUT2D eigenvalue weighted by atomic mass is 10.0. The Kier molecular flexibility index (Phi) is 9.19. The average molecular weight is 373 g/mol. The first-order chi connectivity index (χ1) is 13.1. The van der Waals surface area contributed by atoms with Crippen LogP contribution in [0.3, 0.4) is 0 Å². The van der Waals surface area contributed by atoms with Crippen LogP contribution in [0.4, 0.5) is 5.69 Å². The highest BCUT2D eigenvalue weighted by Crippen LogP contribution is 2.19. The summed E-state index contributed by atoms with van der Waals surface area (Å²) in [6, 6.07) is 8.67. The molecule has 0 bridgehead atoms. The minimum atomic E-state index is 0.288. The number of aliphatic imine (C=N–C) groups is 1. The second-order valence-electron chi connectivity index (χ2n) is 7.19. The summed E-state index contributed by atoms with van der Waals surface area (Å²) < 4.78 is 5.83. The molecule has 1 aromatic carbocycles. The normalized spacial score (nSPS) is 15.4. The van der Waals surface area contributed by atoms with Crippen LogP contribution in [-0.4, -0.2) is 44.8 Å². The number of nitrogens with zero attached hydrogens (tertiary/aromatic N) is 2. The molecule has 1 atom stereocenters. The molecule has 5 nitrogen and oxygen atoms in total. The molecule has 0 fully saturated rings. The predicted molar refractivity (Wildman–Crippen MR) is 115 cm³/mol. The van der Waals surface area contributed by atoms with Crippen molar-refractivity contribution in [2.75, 3.05) is 37.7 Å². The van der Waals surface area contributed by atoms with Crippen molar-refractivity contribution in [2.45, 2.75) is 46.8 Å². The van der Waals surface area contributed by atoms with E-state index in [1.54, 1.807) is 0 Å². The molecule has 1 aromatic rings. The molecule has 2 rings (SSSR count). The van der Waals surface area contributed by atoms with Gasteiger partial charge >= 0.3 is 0 Å². The van der Waals surface area contributed by atoms with E-state index in [-0.39, 0.29) is 6.10 Å². The highest BCUT2D eigenvalue weighted by molar-refractivity contribution is 5.79. The van der Waals surface area contributed by atoms with Crippen molar-refractivity contribution in [1.29, 1.82) is 0 Å². The summed E-state index contributed by atoms with van der Waals surface area (Å²) >= 11 is 0. The lowest BCUT2D eigenvalue weighted by molar-refractivity contribution is 0.0258. The highest BCUT2D eigenvalue weighted by atomic mass is 16.5. The monoisotopic (exact) mass is 372 g/mol. The Morgan fingerprint density at radius 1 is 1.19 bits per heavy atom. The summed E-state index contributed by atoms with van der Waals surface area (Å²) in [6.07, 6.45) is 5.69. The largest absolute Gasteiger partial charge is 0.378 e. The number of hydrogen-bond acceptors (Lipinski definition) is 3. The van der Waals surface area contributed by atoms with Gasteiger partial charge in [-0.1, -0.05) is 38.1 Å².